The zero-order valence-electron chi connectivity index (χ0n) is 11.8. The van der Waals surface area contributed by atoms with Crippen LogP contribution < -0.4 is 0 Å². The first kappa shape index (κ1) is 15.9. The fraction of sp³-hybridized carbons (Fsp3) is 0.846. The topological polar surface area (TPSA) is 47.3 Å². The van der Waals surface area contributed by atoms with Gasteiger partial charge in [0.05, 0.1) is 12.5 Å². The molecule has 0 spiro atoms. The van der Waals surface area contributed by atoms with Gasteiger partial charge in [0.2, 0.25) is 5.91 Å². The zero-order valence-corrected chi connectivity index (χ0v) is 11.8. The summed E-state index contributed by atoms with van der Waals surface area (Å²) in [7, 11) is 3.79. The quantitative estimate of drug-likeness (QED) is 0.709. The first-order chi connectivity index (χ1) is 7.76. The van der Waals surface area contributed by atoms with E-state index in [-0.39, 0.29) is 11.3 Å². The number of nitrogens with zero attached hydrogens (tertiary/aromatic N) is 3. The molecule has 1 amide bonds. The highest BCUT2D eigenvalue weighted by molar-refractivity contribution is 5.76. The third-order valence-electron chi connectivity index (χ3n) is 2.44. The summed E-state index contributed by atoms with van der Waals surface area (Å²) in [6.45, 7) is 8.83. The summed E-state index contributed by atoms with van der Waals surface area (Å²) in [5.41, 5.74) is 0.254. The molecule has 0 aromatic carbocycles. The van der Waals surface area contributed by atoms with Crippen LogP contribution in [0.2, 0.25) is 0 Å². The van der Waals surface area contributed by atoms with Crippen molar-refractivity contribution in [2.45, 2.75) is 33.6 Å². The molecule has 17 heavy (non-hydrogen) atoms. The van der Waals surface area contributed by atoms with E-state index in [0.29, 0.717) is 19.4 Å². The van der Waals surface area contributed by atoms with Gasteiger partial charge in [0.25, 0.3) is 0 Å². The maximum Gasteiger partial charge on any atom is 0.223 e. The number of hydrogen-bond donors (Lipinski definition) is 0. The number of hydrogen-bond acceptors (Lipinski definition) is 3. The Hall–Kier alpha value is -1.08. The van der Waals surface area contributed by atoms with E-state index in [1.54, 1.807) is 11.9 Å². The lowest BCUT2D eigenvalue weighted by atomic mass is 9.96. The molecule has 0 fully saturated rings. The van der Waals surface area contributed by atoms with Crippen LogP contribution in [-0.2, 0) is 4.79 Å². The minimum atomic E-state index is 0.112. The maximum absolute atomic E-state index is 11.7. The van der Waals surface area contributed by atoms with E-state index in [2.05, 4.69) is 25.7 Å². The molecule has 4 nitrogen and oxygen atoms in total. The lowest BCUT2D eigenvalue weighted by molar-refractivity contribution is -0.130. The van der Waals surface area contributed by atoms with Crippen molar-refractivity contribution in [1.82, 2.24) is 9.80 Å². The second-order valence-corrected chi connectivity index (χ2v) is 5.77. The average Bonchev–Trinajstić information content (AvgIpc) is 2.20. The van der Waals surface area contributed by atoms with Crippen molar-refractivity contribution in [3.8, 4) is 6.07 Å². The largest absolute Gasteiger partial charge is 0.345 e. The Morgan fingerprint density at radius 1 is 1.24 bits per heavy atom. The van der Waals surface area contributed by atoms with Crippen LogP contribution in [0.25, 0.3) is 0 Å². The third-order valence-corrected chi connectivity index (χ3v) is 2.44. The van der Waals surface area contributed by atoms with Gasteiger partial charge in [-0.2, -0.15) is 5.26 Å². The van der Waals surface area contributed by atoms with Gasteiger partial charge >= 0.3 is 0 Å². The smallest absolute Gasteiger partial charge is 0.223 e. The van der Waals surface area contributed by atoms with Crippen molar-refractivity contribution >= 4 is 5.91 Å². The number of carbonyl (C=O) groups excluding carboxylic acids is 1. The zero-order chi connectivity index (χ0) is 13.5. The molecule has 98 valence electrons. The molecule has 0 atom stereocenters. The molecule has 4 heteroatoms. The summed E-state index contributed by atoms with van der Waals surface area (Å²) in [5, 5.41) is 8.45. The van der Waals surface area contributed by atoms with E-state index < -0.39 is 0 Å². The highest BCUT2D eigenvalue weighted by atomic mass is 16.2. The van der Waals surface area contributed by atoms with Crippen molar-refractivity contribution in [2.24, 2.45) is 5.41 Å². The minimum Gasteiger partial charge on any atom is -0.345 e. The van der Waals surface area contributed by atoms with Crippen molar-refractivity contribution in [3.05, 3.63) is 0 Å². The predicted octanol–water partition coefficient (Wildman–Crippen LogP) is 1.73. The lowest BCUT2D eigenvalue weighted by Crippen LogP contribution is -2.34. The molecule has 0 saturated carbocycles. The van der Waals surface area contributed by atoms with Gasteiger partial charge in [0, 0.05) is 33.1 Å². The standard InChI is InChI=1S/C13H25N3O/c1-13(2,3)11-15(4)10-7-12(17)16(5)9-6-8-14/h6-7,9-11H2,1-5H3. The normalized spacial score (nSPS) is 11.4. The van der Waals surface area contributed by atoms with Crippen molar-refractivity contribution in [3.63, 3.8) is 0 Å². The lowest BCUT2D eigenvalue weighted by Gasteiger charge is -2.26. The Kier molecular flexibility index (Phi) is 6.82. The van der Waals surface area contributed by atoms with E-state index in [9.17, 15) is 4.79 Å². The molecular formula is C13H25N3O. The van der Waals surface area contributed by atoms with E-state index >= 15 is 0 Å². The monoisotopic (exact) mass is 239 g/mol. The third kappa shape index (κ3) is 8.70. The number of rotatable bonds is 6. The summed E-state index contributed by atoms with van der Waals surface area (Å²) < 4.78 is 0. The van der Waals surface area contributed by atoms with Gasteiger partial charge in [-0.25, -0.2) is 0 Å². The fourth-order valence-electron chi connectivity index (χ4n) is 1.71. The summed E-state index contributed by atoms with van der Waals surface area (Å²) in [4.78, 5) is 15.5. The molecular weight excluding hydrogens is 214 g/mol. The van der Waals surface area contributed by atoms with Crippen molar-refractivity contribution < 1.29 is 4.79 Å². The van der Waals surface area contributed by atoms with Crippen LogP contribution in [-0.4, -0.2) is 49.4 Å². The molecule has 0 rings (SSSR count). The summed E-state index contributed by atoms with van der Waals surface area (Å²) in [6.07, 6.45) is 0.925. The number of amides is 1. The van der Waals surface area contributed by atoms with Crippen LogP contribution in [0.1, 0.15) is 33.6 Å². The molecule has 0 heterocycles. The minimum absolute atomic E-state index is 0.112. The fourth-order valence-corrected chi connectivity index (χ4v) is 1.71. The van der Waals surface area contributed by atoms with Gasteiger partial charge in [-0.05, 0) is 12.5 Å². The van der Waals surface area contributed by atoms with Crippen LogP contribution in [0, 0.1) is 16.7 Å². The molecule has 0 N–H and O–H groups in total. The van der Waals surface area contributed by atoms with E-state index in [0.717, 1.165) is 13.1 Å². The highest BCUT2D eigenvalue weighted by Gasteiger charge is 2.15. The van der Waals surface area contributed by atoms with Crippen LogP contribution in [0.15, 0.2) is 0 Å². The summed E-state index contributed by atoms with van der Waals surface area (Å²) in [6, 6.07) is 2.05. The van der Waals surface area contributed by atoms with Crippen LogP contribution in [0.5, 0.6) is 0 Å². The predicted molar refractivity (Wildman–Crippen MR) is 69.4 cm³/mol. The first-order valence-corrected chi connectivity index (χ1v) is 6.06. The molecule has 0 aromatic heterocycles. The van der Waals surface area contributed by atoms with Gasteiger partial charge in [-0.15, -0.1) is 0 Å². The molecule has 0 radical (unpaired) electrons. The van der Waals surface area contributed by atoms with Crippen molar-refractivity contribution in [2.75, 3.05) is 33.7 Å². The van der Waals surface area contributed by atoms with Gasteiger partial charge in [0.1, 0.15) is 0 Å². The summed E-state index contributed by atoms with van der Waals surface area (Å²) in [5.74, 6) is 0.112. The number of carbonyl (C=O) groups is 1. The van der Waals surface area contributed by atoms with E-state index in [4.69, 9.17) is 5.26 Å². The van der Waals surface area contributed by atoms with Gasteiger partial charge in [0.15, 0.2) is 0 Å². The van der Waals surface area contributed by atoms with Crippen LogP contribution >= 0.6 is 0 Å². The molecule has 0 unspecified atom stereocenters. The Balaban J connectivity index is 3.88. The first-order valence-electron chi connectivity index (χ1n) is 6.06. The van der Waals surface area contributed by atoms with E-state index in [1.807, 2.05) is 13.1 Å². The molecule has 0 aliphatic rings. The number of nitriles is 1. The van der Waals surface area contributed by atoms with Crippen LogP contribution in [0.4, 0.5) is 0 Å². The second kappa shape index (κ2) is 7.29. The maximum atomic E-state index is 11.7. The molecule has 0 saturated heterocycles. The van der Waals surface area contributed by atoms with Gasteiger partial charge < -0.3 is 9.80 Å². The van der Waals surface area contributed by atoms with Gasteiger partial charge in [-0.3, -0.25) is 4.79 Å². The molecule has 0 bridgehead atoms. The van der Waals surface area contributed by atoms with Crippen molar-refractivity contribution in [1.29, 1.82) is 5.26 Å². The van der Waals surface area contributed by atoms with E-state index in [1.165, 1.54) is 0 Å². The molecule has 0 aromatic rings. The van der Waals surface area contributed by atoms with Gasteiger partial charge in [-0.1, -0.05) is 20.8 Å². The molecule has 0 aliphatic heterocycles. The second-order valence-electron chi connectivity index (χ2n) is 5.77. The summed E-state index contributed by atoms with van der Waals surface area (Å²) >= 11 is 0. The molecule has 0 aliphatic carbocycles. The Morgan fingerprint density at radius 3 is 2.29 bits per heavy atom. The Labute approximate surface area is 105 Å². The SMILES string of the molecule is CN(CCC(=O)N(C)CCC#N)CC(C)(C)C. The average molecular weight is 239 g/mol. The Bertz CT molecular complexity index is 275. The highest BCUT2D eigenvalue weighted by Crippen LogP contribution is 2.14. The van der Waals surface area contributed by atoms with Crippen LogP contribution in [0.3, 0.4) is 0 Å². The Morgan fingerprint density at radius 2 is 1.82 bits per heavy atom.